The first-order valence-electron chi connectivity index (χ1n) is 11.5. The van der Waals surface area contributed by atoms with Gasteiger partial charge in [0.1, 0.15) is 0 Å². The Balaban J connectivity index is 0. The van der Waals surface area contributed by atoms with Gasteiger partial charge in [-0.05, 0) is 19.3 Å². The Kier molecular flexibility index (Phi) is 23.5. The normalized spacial score (nSPS) is 11.5. The molecule has 26 heavy (non-hydrogen) atoms. The van der Waals surface area contributed by atoms with Crippen LogP contribution in [0, 0.1) is 0 Å². The summed E-state index contributed by atoms with van der Waals surface area (Å²) in [6.07, 6.45) is 22.3. The van der Waals surface area contributed by atoms with E-state index in [0.717, 1.165) is 17.8 Å². The summed E-state index contributed by atoms with van der Waals surface area (Å²) in [4.78, 5) is 0. The van der Waals surface area contributed by atoms with Crippen molar-refractivity contribution in [3.05, 3.63) is 0 Å². The van der Waals surface area contributed by atoms with Crippen LogP contribution in [0.3, 0.4) is 0 Å². The van der Waals surface area contributed by atoms with E-state index in [1.54, 1.807) is 0 Å². The second-order valence-corrected chi connectivity index (χ2v) is 8.65. The molecule has 160 valence electrons. The number of ether oxygens (including phenoxy) is 1. The van der Waals surface area contributed by atoms with Crippen molar-refractivity contribution in [2.45, 2.75) is 117 Å². The Morgan fingerprint density at radius 2 is 0.923 bits per heavy atom. The Morgan fingerprint density at radius 1 is 0.538 bits per heavy atom. The number of hydrogen-bond acceptors (Lipinski definition) is 1. The van der Waals surface area contributed by atoms with Crippen LogP contribution in [0.5, 0.6) is 0 Å². The van der Waals surface area contributed by atoms with E-state index in [1.807, 2.05) is 0 Å². The summed E-state index contributed by atoms with van der Waals surface area (Å²) in [5, 5.41) is 0. The molecule has 0 aromatic heterocycles. The van der Waals surface area contributed by atoms with Crippen molar-refractivity contribution in [1.29, 1.82) is 0 Å². The third kappa shape index (κ3) is 22.3. The lowest BCUT2D eigenvalue weighted by Gasteiger charge is -2.29. The fraction of sp³-hybridized carbons (Fsp3) is 1.00. The van der Waals surface area contributed by atoms with Crippen LogP contribution in [0.25, 0.3) is 0 Å². The molecule has 0 unspecified atom stereocenters. The minimum Gasteiger partial charge on any atom is -1.00 e. The molecule has 0 aromatic carbocycles. The predicted molar refractivity (Wildman–Crippen MR) is 113 cm³/mol. The third-order valence-corrected chi connectivity index (χ3v) is 5.20. The van der Waals surface area contributed by atoms with Crippen LogP contribution in [-0.4, -0.2) is 38.5 Å². The van der Waals surface area contributed by atoms with Crippen molar-refractivity contribution in [2.75, 3.05) is 34.0 Å². The maximum absolute atomic E-state index is 5.94. The number of unbranched alkanes of at least 4 members (excludes halogenated alkanes) is 14. The number of hydrogen-bond donors (Lipinski definition) is 0. The minimum absolute atomic E-state index is 0. The summed E-state index contributed by atoms with van der Waals surface area (Å²) in [6.45, 7) is 7.66. The van der Waals surface area contributed by atoms with E-state index >= 15 is 0 Å². The topological polar surface area (TPSA) is 9.23 Å². The monoisotopic (exact) mass is 391 g/mol. The van der Waals surface area contributed by atoms with Crippen molar-refractivity contribution in [3.8, 4) is 0 Å². The van der Waals surface area contributed by atoms with Crippen LogP contribution in [0.1, 0.15) is 117 Å². The first-order chi connectivity index (χ1) is 12.1. The lowest BCUT2D eigenvalue weighted by atomic mass is 10.1. The van der Waals surface area contributed by atoms with E-state index in [-0.39, 0.29) is 12.4 Å². The van der Waals surface area contributed by atoms with Crippen LogP contribution in [0.2, 0.25) is 0 Å². The smallest absolute Gasteiger partial charge is 0.182 e. The van der Waals surface area contributed by atoms with Gasteiger partial charge in [0, 0.05) is 0 Å². The molecule has 0 aromatic rings. The number of nitrogens with zero attached hydrogens (tertiary/aromatic N) is 1. The quantitative estimate of drug-likeness (QED) is 0.170. The van der Waals surface area contributed by atoms with Gasteiger partial charge in [-0.15, -0.1) is 0 Å². The van der Waals surface area contributed by atoms with Gasteiger partial charge in [0.25, 0.3) is 0 Å². The highest BCUT2D eigenvalue weighted by Crippen LogP contribution is 2.11. The Labute approximate surface area is 172 Å². The molecule has 2 nitrogen and oxygen atoms in total. The van der Waals surface area contributed by atoms with E-state index in [2.05, 4.69) is 27.9 Å². The molecule has 0 aliphatic heterocycles. The van der Waals surface area contributed by atoms with E-state index in [4.69, 9.17) is 4.74 Å². The molecule has 0 aliphatic carbocycles. The zero-order valence-electron chi connectivity index (χ0n) is 18.7. The van der Waals surface area contributed by atoms with Gasteiger partial charge in [-0.2, -0.15) is 0 Å². The molecule has 0 atom stereocenters. The molecule has 0 amide bonds. The van der Waals surface area contributed by atoms with Gasteiger partial charge in [-0.25, -0.2) is 0 Å². The third-order valence-electron chi connectivity index (χ3n) is 5.20. The summed E-state index contributed by atoms with van der Waals surface area (Å²) >= 11 is 0. The standard InChI is InChI=1S/C23H50NO.ClH/c1-5-7-9-11-13-14-15-16-18-20-22-25-23-24(3,4)21-19-17-12-10-8-6-2;/h5-23H2,1-4H3;1H/q+1;/p-1. The highest BCUT2D eigenvalue weighted by Gasteiger charge is 2.13. The molecule has 3 heteroatoms. The molecule has 0 spiro atoms. The molecular weight excluding hydrogens is 342 g/mol. The van der Waals surface area contributed by atoms with Gasteiger partial charge in [0.05, 0.1) is 27.2 Å². The van der Waals surface area contributed by atoms with Gasteiger partial charge in [0.2, 0.25) is 0 Å². The first-order valence-corrected chi connectivity index (χ1v) is 11.5. The largest absolute Gasteiger partial charge is 1.00 e. The summed E-state index contributed by atoms with van der Waals surface area (Å²) in [6, 6.07) is 0. The summed E-state index contributed by atoms with van der Waals surface area (Å²) in [7, 11) is 4.62. The average molecular weight is 392 g/mol. The molecule has 0 saturated heterocycles. The van der Waals surface area contributed by atoms with Crippen molar-refractivity contribution < 1.29 is 21.6 Å². The summed E-state index contributed by atoms with van der Waals surface area (Å²) < 4.78 is 6.96. The van der Waals surface area contributed by atoms with Gasteiger partial charge in [-0.3, -0.25) is 0 Å². The molecule has 0 heterocycles. The Bertz CT molecular complexity index is 259. The molecule has 0 saturated carbocycles. The SMILES string of the molecule is CCCCCCCCCCCCOC[N+](C)(C)CCCCCCCC.[Cl-]. The van der Waals surface area contributed by atoms with Crippen molar-refractivity contribution >= 4 is 0 Å². The minimum atomic E-state index is 0. The number of quaternary nitrogens is 1. The zero-order chi connectivity index (χ0) is 18.6. The molecule has 0 aliphatic rings. The van der Waals surface area contributed by atoms with E-state index in [1.165, 1.54) is 109 Å². The Morgan fingerprint density at radius 3 is 1.38 bits per heavy atom. The lowest BCUT2D eigenvalue weighted by molar-refractivity contribution is -0.909. The molecular formula is C23H50ClNO. The van der Waals surface area contributed by atoms with Crippen molar-refractivity contribution in [3.63, 3.8) is 0 Å². The first kappa shape index (κ1) is 28.4. The summed E-state index contributed by atoms with van der Waals surface area (Å²) in [5.41, 5.74) is 0. The molecule has 0 N–H and O–H groups in total. The van der Waals surface area contributed by atoms with Crippen molar-refractivity contribution in [1.82, 2.24) is 0 Å². The van der Waals surface area contributed by atoms with Gasteiger partial charge < -0.3 is 21.6 Å². The Hall–Kier alpha value is 0.210. The van der Waals surface area contributed by atoms with Crippen LogP contribution in [0.15, 0.2) is 0 Å². The fourth-order valence-corrected chi connectivity index (χ4v) is 3.39. The second kappa shape index (κ2) is 21.5. The van der Waals surface area contributed by atoms with Crippen LogP contribution >= 0.6 is 0 Å². The van der Waals surface area contributed by atoms with Gasteiger partial charge in [0.15, 0.2) is 6.73 Å². The molecule has 0 bridgehead atoms. The van der Waals surface area contributed by atoms with E-state index in [0.29, 0.717) is 0 Å². The van der Waals surface area contributed by atoms with Crippen LogP contribution < -0.4 is 12.4 Å². The highest BCUT2D eigenvalue weighted by molar-refractivity contribution is 4.47. The summed E-state index contributed by atoms with van der Waals surface area (Å²) in [5.74, 6) is 0. The van der Waals surface area contributed by atoms with Gasteiger partial charge >= 0.3 is 0 Å². The second-order valence-electron chi connectivity index (χ2n) is 8.65. The maximum Gasteiger partial charge on any atom is 0.182 e. The zero-order valence-corrected chi connectivity index (χ0v) is 19.4. The maximum atomic E-state index is 5.94. The predicted octanol–water partition coefficient (Wildman–Crippen LogP) is 4.32. The van der Waals surface area contributed by atoms with Crippen molar-refractivity contribution in [2.24, 2.45) is 0 Å². The van der Waals surface area contributed by atoms with Crippen LogP contribution in [0.4, 0.5) is 0 Å². The van der Waals surface area contributed by atoms with Gasteiger partial charge in [-0.1, -0.05) is 97.3 Å². The van der Waals surface area contributed by atoms with Crippen LogP contribution in [-0.2, 0) is 4.74 Å². The molecule has 0 radical (unpaired) electrons. The molecule has 0 fully saturated rings. The van der Waals surface area contributed by atoms with E-state index in [9.17, 15) is 0 Å². The lowest BCUT2D eigenvalue weighted by Crippen LogP contribution is -3.00. The fourth-order valence-electron chi connectivity index (χ4n) is 3.39. The number of halogens is 1. The highest BCUT2D eigenvalue weighted by atomic mass is 35.5. The average Bonchev–Trinajstić information content (AvgIpc) is 2.59. The number of rotatable bonds is 20. The van der Waals surface area contributed by atoms with E-state index < -0.39 is 0 Å². The molecule has 0 rings (SSSR count).